The Bertz CT molecular complexity index is 292. The molecule has 5 heteroatoms. The van der Waals surface area contributed by atoms with Gasteiger partial charge in [-0.15, -0.1) is 0 Å². The fraction of sp³-hybridized carbons (Fsp3) is 0.500. The first-order valence-corrected chi connectivity index (χ1v) is 4.93. The molecule has 2 N–H and O–H groups in total. The first kappa shape index (κ1) is 11.7. The molecule has 15 heavy (non-hydrogen) atoms. The summed E-state index contributed by atoms with van der Waals surface area (Å²) in [6.45, 7) is 2.55. The number of nitrogens with one attached hydrogen (secondary N) is 2. The van der Waals surface area contributed by atoms with Crippen LogP contribution in [0.4, 0.5) is 20.2 Å². The van der Waals surface area contributed by atoms with Crippen LogP contribution in [0.25, 0.3) is 0 Å². The summed E-state index contributed by atoms with van der Waals surface area (Å²) in [5.41, 5.74) is 1.45. The third kappa shape index (κ3) is 4.58. The van der Waals surface area contributed by atoms with E-state index >= 15 is 0 Å². The number of hydrogen-bond acceptors (Lipinski definition) is 3. The highest BCUT2D eigenvalue weighted by atomic mass is 19.3. The number of rotatable bonds is 6. The molecule has 1 rings (SSSR count). The average molecular weight is 215 g/mol. The zero-order chi connectivity index (χ0) is 11.1. The largest absolute Gasteiger partial charge is 0.384 e. The average Bonchev–Trinajstić information content (AvgIpc) is 2.24. The molecule has 0 radical (unpaired) electrons. The van der Waals surface area contributed by atoms with Crippen molar-refractivity contribution in [1.82, 2.24) is 4.98 Å². The molecule has 1 aromatic rings. The molecule has 0 aromatic carbocycles. The van der Waals surface area contributed by atoms with Gasteiger partial charge in [0.2, 0.25) is 0 Å². The zero-order valence-corrected chi connectivity index (χ0v) is 8.63. The summed E-state index contributed by atoms with van der Waals surface area (Å²) in [6.07, 6.45) is 1.86. The van der Waals surface area contributed by atoms with Crippen LogP contribution in [-0.2, 0) is 0 Å². The van der Waals surface area contributed by atoms with E-state index in [0.29, 0.717) is 5.69 Å². The van der Waals surface area contributed by atoms with Crippen LogP contribution in [-0.4, -0.2) is 24.5 Å². The van der Waals surface area contributed by atoms with Crippen molar-refractivity contribution in [3.63, 3.8) is 0 Å². The minimum Gasteiger partial charge on any atom is -0.384 e. The van der Waals surface area contributed by atoms with Crippen molar-refractivity contribution in [3.05, 3.63) is 18.5 Å². The summed E-state index contributed by atoms with van der Waals surface area (Å²) in [6, 6.07) is 1.77. The molecule has 0 amide bonds. The summed E-state index contributed by atoms with van der Waals surface area (Å²) in [4.78, 5) is 3.95. The summed E-state index contributed by atoms with van der Waals surface area (Å²) in [7, 11) is 0. The second-order valence-corrected chi connectivity index (χ2v) is 3.16. The highest BCUT2D eigenvalue weighted by molar-refractivity contribution is 5.53. The molecule has 0 fully saturated rings. The molecule has 1 aromatic heterocycles. The van der Waals surface area contributed by atoms with Gasteiger partial charge in [-0.05, 0) is 12.5 Å². The van der Waals surface area contributed by atoms with Crippen LogP contribution in [0.3, 0.4) is 0 Å². The van der Waals surface area contributed by atoms with E-state index in [-0.39, 0.29) is 6.54 Å². The van der Waals surface area contributed by atoms with E-state index in [1.165, 1.54) is 6.20 Å². The first-order valence-electron chi connectivity index (χ1n) is 4.93. The Morgan fingerprint density at radius 2 is 1.93 bits per heavy atom. The van der Waals surface area contributed by atoms with Crippen LogP contribution in [0.1, 0.15) is 13.3 Å². The van der Waals surface area contributed by atoms with Crippen LogP contribution < -0.4 is 10.6 Å². The van der Waals surface area contributed by atoms with Crippen molar-refractivity contribution in [2.45, 2.75) is 19.8 Å². The Kier molecular flexibility index (Phi) is 4.80. The van der Waals surface area contributed by atoms with Crippen molar-refractivity contribution >= 4 is 11.4 Å². The monoisotopic (exact) mass is 215 g/mol. The molecule has 0 saturated carbocycles. The lowest BCUT2D eigenvalue weighted by atomic mass is 10.3. The van der Waals surface area contributed by atoms with Gasteiger partial charge in [-0.3, -0.25) is 4.98 Å². The molecular formula is C10H15F2N3. The predicted molar refractivity (Wildman–Crippen MR) is 57.5 cm³/mol. The normalized spacial score (nSPS) is 10.4. The van der Waals surface area contributed by atoms with Gasteiger partial charge in [0.1, 0.15) is 0 Å². The highest BCUT2D eigenvalue weighted by Crippen LogP contribution is 2.13. The lowest BCUT2D eigenvalue weighted by molar-refractivity contribution is 0.163. The molecule has 0 saturated heterocycles. The first-order chi connectivity index (χ1) is 7.22. The van der Waals surface area contributed by atoms with Crippen LogP contribution in [0.15, 0.2) is 18.5 Å². The van der Waals surface area contributed by atoms with E-state index in [4.69, 9.17) is 0 Å². The second kappa shape index (κ2) is 6.16. The molecule has 0 atom stereocenters. The van der Waals surface area contributed by atoms with Gasteiger partial charge < -0.3 is 10.6 Å². The minimum absolute atomic E-state index is 0.348. The third-order valence-corrected chi connectivity index (χ3v) is 1.78. The fourth-order valence-corrected chi connectivity index (χ4v) is 1.10. The lowest BCUT2D eigenvalue weighted by Crippen LogP contribution is -2.10. The Morgan fingerprint density at radius 1 is 1.27 bits per heavy atom. The number of aromatic nitrogens is 1. The van der Waals surface area contributed by atoms with Crippen molar-refractivity contribution < 1.29 is 8.78 Å². The van der Waals surface area contributed by atoms with E-state index in [1.54, 1.807) is 12.3 Å². The van der Waals surface area contributed by atoms with E-state index in [9.17, 15) is 8.78 Å². The minimum atomic E-state index is -2.35. The number of pyridine rings is 1. The number of anilines is 2. The van der Waals surface area contributed by atoms with Gasteiger partial charge in [0.15, 0.2) is 0 Å². The van der Waals surface area contributed by atoms with Gasteiger partial charge in [0, 0.05) is 6.54 Å². The maximum absolute atomic E-state index is 11.9. The van der Waals surface area contributed by atoms with Gasteiger partial charge in [-0.1, -0.05) is 6.92 Å². The molecule has 0 spiro atoms. The predicted octanol–water partition coefficient (Wildman–Crippen LogP) is 2.58. The SMILES string of the molecule is CCCNc1cncc(NCC(F)F)c1. The molecule has 3 nitrogen and oxygen atoms in total. The van der Waals surface area contributed by atoms with Gasteiger partial charge in [-0.2, -0.15) is 0 Å². The summed E-state index contributed by atoms with van der Waals surface area (Å²) >= 11 is 0. The Balaban J connectivity index is 2.50. The molecule has 0 aliphatic rings. The summed E-state index contributed by atoms with van der Waals surface area (Å²) in [5.74, 6) is 0. The second-order valence-electron chi connectivity index (χ2n) is 3.16. The topological polar surface area (TPSA) is 37.0 Å². The van der Waals surface area contributed by atoms with Crippen molar-refractivity contribution in [2.75, 3.05) is 23.7 Å². The summed E-state index contributed by atoms with van der Waals surface area (Å²) in [5, 5.41) is 5.74. The van der Waals surface area contributed by atoms with E-state index in [0.717, 1.165) is 18.7 Å². The molecule has 1 heterocycles. The van der Waals surface area contributed by atoms with Gasteiger partial charge >= 0.3 is 0 Å². The van der Waals surface area contributed by atoms with Crippen LogP contribution in [0.5, 0.6) is 0 Å². The van der Waals surface area contributed by atoms with Crippen molar-refractivity contribution in [1.29, 1.82) is 0 Å². The smallest absolute Gasteiger partial charge is 0.255 e. The van der Waals surface area contributed by atoms with E-state index < -0.39 is 6.43 Å². The maximum atomic E-state index is 11.9. The fourth-order valence-electron chi connectivity index (χ4n) is 1.10. The summed E-state index contributed by atoms with van der Waals surface area (Å²) < 4.78 is 23.9. The molecule has 0 bridgehead atoms. The van der Waals surface area contributed by atoms with Crippen LogP contribution >= 0.6 is 0 Å². The van der Waals surface area contributed by atoms with Crippen LogP contribution in [0, 0.1) is 0 Å². The zero-order valence-electron chi connectivity index (χ0n) is 8.63. The number of nitrogens with zero attached hydrogens (tertiary/aromatic N) is 1. The van der Waals surface area contributed by atoms with E-state index in [2.05, 4.69) is 22.5 Å². The van der Waals surface area contributed by atoms with E-state index in [1.807, 2.05) is 0 Å². The molecule has 84 valence electrons. The van der Waals surface area contributed by atoms with Gasteiger partial charge in [-0.25, -0.2) is 8.78 Å². The molecule has 0 aliphatic heterocycles. The lowest BCUT2D eigenvalue weighted by Gasteiger charge is -2.08. The van der Waals surface area contributed by atoms with Gasteiger partial charge in [0.05, 0.1) is 30.3 Å². The Labute approximate surface area is 87.9 Å². The molecule has 0 unspecified atom stereocenters. The molecular weight excluding hydrogens is 200 g/mol. The standard InChI is InChI=1S/C10H15F2N3/c1-2-3-14-8-4-9(6-13-5-8)15-7-10(11)12/h4-6,10,14-15H,2-3,7H2,1H3. The van der Waals surface area contributed by atoms with Crippen molar-refractivity contribution in [2.24, 2.45) is 0 Å². The Hall–Kier alpha value is -1.39. The number of hydrogen-bond donors (Lipinski definition) is 2. The Morgan fingerprint density at radius 3 is 2.53 bits per heavy atom. The quantitative estimate of drug-likeness (QED) is 0.765. The van der Waals surface area contributed by atoms with Crippen LogP contribution in [0.2, 0.25) is 0 Å². The maximum Gasteiger partial charge on any atom is 0.255 e. The molecule has 0 aliphatic carbocycles. The number of alkyl halides is 2. The third-order valence-electron chi connectivity index (χ3n) is 1.78. The van der Waals surface area contributed by atoms with Crippen molar-refractivity contribution in [3.8, 4) is 0 Å². The number of halogens is 2. The highest BCUT2D eigenvalue weighted by Gasteiger charge is 2.02. The van der Waals surface area contributed by atoms with Gasteiger partial charge in [0.25, 0.3) is 6.43 Å².